The molecular formula is C11H25Cl2NSi2Ti. The zero-order valence-electron chi connectivity index (χ0n) is 11.7. The summed E-state index contributed by atoms with van der Waals surface area (Å²) in [5.41, 5.74) is 0. The molecule has 1 nitrogen and oxygen atoms in total. The number of rotatable bonds is 2. The Hall–Kier alpha value is 1.17. The molecule has 0 aromatic heterocycles. The van der Waals surface area contributed by atoms with Crippen LogP contribution in [0.4, 0.5) is 0 Å². The first kappa shape index (κ1) is 26.7. The number of allylic oxidation sites excluding steroid dienone is 4. The molecule has 0 heterocycles. The van der Waals surface area contributed by atoms with Crippen molar-refractivity contribution in [1.29, 1.82) is 0 Å². The van der Waals surface area contributed by atoms with Crippen LogP contribution < -0.4 is 0 Å². The maximum absolute atomic E-state index is 4.82. The first-order chi connectivity index (χ1) is 6.21. The van der Waals surface area contributed by atoms with Crippen molar-refractivity contribution in [3.8, 4) is 0 Å². The summed E-state index contributed by atoms with van der Waals surface area (Å²) < 4.78 is 4.82. The van der Waals surface area contributed by atoms with Crippen molar-refractivity contribution in [1.82, 2.24) is 0 Å². The van der Waals surface area contributed by atoms with Crippen molar-refractivity contribution in [2.45, 2.75) is 45.7 Å². The predicted molar refractivity (Wildman–Crippen MR) is 86.1 cm³/mol. The molecule has 0 saturated carbocycles. The molecule has 6 heteroatoms. The SMILES string of the molecule is C[Si](C)(C)[N-][Si](C)(C)C.Cl.Cl.[C-]1=CC=CC1.[Ti+2]. The molecule has 0 spiro atoms. The van der Waals surface area contributed by atoms with E-state index in [9.17, 15) is 0 Å². The average Bonchev–Trinajstić information content (AvgIpc) is 2.29. The normalized spacial score (nSPS) is 12.6. The molecule has 100 valence electrons. The van der Waals surface area contributed by atoms with E-state index in [0.29, 0.717) is 0 Å². The van der Waals surface area contributed by atoms with Crippen LogP contribution in [0.15, 0.2) is 18.2 Å². The molecule has 0 aromatic carbocycles. The number of hydrogen-bond acceptors (Lipinski definition) is 0. The smallest absolute Gasteiger partial charge is 0.668 e. The van der Waals surface area contributed by atoms with E-state index < -0.39 is 16.5 Å². The second-order valence-corrected chi connectivity index (χ2v) is 15.0. The van der Waals surface area contributed by atoms with Crippen LogP contribution in [0.2, 0.25) is 39.3 Å². The minimum Gasteiger partial charge on any atom is -0.668 e. The van der Waals surface area contributed by atoms with Gasteiger partial charge < -0.3 is 4.65 Å². The number of hydrogen-bond donors (Lipinski definition) is 0. The van der Waals surface area contributed by atoms with E-state index in [2.05, 4.69) is 51.4 Å². The molecule has 0 bridgehead atoms. The monoisotopic (exact) mass is 345 g/mol. The minimum atomic E-state index is -1.11. The Kier molecular flexibility index (Phi) is 19.2. The van der Waals surface area contributed by atoms with Gasteiger partial charge in [0.15, 0.2) is 0 Å². The van der Waals surface area contributed by atoms with Crippen molar-refractivity contribution < 1.29 is 21.7 Å². The van der Waals surface area contributed by atoms with Gasteiger partial charge in [-0.1, -0.05) is 55.8 Å². The van der Waals surface area contributed by atoms with Crippen LogP contribution in [0.3, 0.4) is 0 Å². The molecule has 0 saturated heterocycles. The van der Waals surface area contributed by atoms with Gasteiger partial charge in [0, 0.05) is 0 Å². The van der Waals surface area contributed by atoms with Crippen LogP contribution in [0.5, 0.6) is 0 Å². The zero-order valence-corrected chi connectivity index (χ0v) is 16.9. The summed E-state index contributed by atoms with van der Waals surface area (Å²) >= 11 is 0. The summed E-state index contributed by atoms with van der Waals surface area (Å²) in [4.78, 5) is 0. The Bertz CT molecular complexity index is 198. The van der Waals surface area contributed by atoms with Crippen LogP contribution in [0, 0.1) is 6.08 Å². The van der Waals surface area contributed by atoms with Gasteiger partial charge in [-0.15, -0.1) is 31.2 Å². The Labute approximate surface area is 137 Å². The van der Waals surface area contributed by atoms with E-state index in [0.717, 1.165) is 6.42 Å². The standard InChI is InChI=1S/C6H18NSi2.C5H5.2ClH.Ti/c1-8(2,3)7-9(4,5)6;1-2-4-5-3-1;;;/h1-6H3;1-3H,4H2;2*1H;/q2*-1;;;+2. The molecule has 0 aliphatic heterocycles. The van der Waals surface area contributed by atoms with Crippen molar-refractivity contribution in [2.24, 2.45) is 0 Å². The Morgan fingerprint density at radius 3 is 1.41 bits per heavy atom. The molecular weight excluding hydrogens is 321 g/mol. The maximum Gasteiger partial charge on any atom is 2.00 e. The largest absolute Gasteiger partial charge is 2.00 e. The van der Waals surface area contributed by atoms with Gasteiger partial charge in [0.1, 0.15) is 0 Å². The van der Waals surface area contributed by atoms with E-state index in [4.69, 9.17) is 4.65 Å². The first-order valence-electron chi connectivity index (χ1n) is 5.16. The molecule has 0 unspecified atom stereocenters. The molecule has 1 rings (SSSR count). The fourth-order valence-electron chi connectivity index (χ4n) is 1.35. The van der Waals surface area contributed by atoms with Crippen molar-refractivity contribution in [2.75, 3.05) is 0 Å². The van der Waals surface area contributed by atoms with Crippen molar-refractivity contribution in [3.63, 3.8) is 0 Å². The van der Waals surface area contributed by atoms with Gasteiger partial charge in [0.05, 0.1) is 0 Å². The summed E-state index contributed by atoms with van der Waals surface area (Å²) in [7, 11) is -2.21. The van der Waals surface area contributed by atoms with Gasteiger partial charge in [0.2, 0.25) is 0 Å². The third-order valence-electron chi connectivity index (χ3n) is 1.26. The fraction of sp³-hybridized carbons (Fsp3) is 0.636. The second kappa shape index (κ2) is 12.2. The zero-order chi connectivity index (χ0) is 11.2. The second-order valence-electron chi connectivity index (χ2n) is 5.46. The number of halogens is 2. The van der Waals surface area contributed by atoms with E-state index in [1.54, 1.807) is 0 Å². The summed E-state index contributed by atoms with van der Waals surface area (Å²) in [6.45, 7) is 13.8. The summed E-state index contributed by atoms with van der Waals surface area (Å²) in [6.07, 6.45) is 10.0. The molecule has 0 aromatic rings. The summed E-state index contributed by atoms with van der Waals surface area (Å²) in [5, 5.41) is 0. The van der Waals surface area contributed by atoms with Gasteiger partial charge in [-0.2, -0.15) is 6.08 Å². The van der Waals surface area contributed by atoms with Gasteiger partial charge >= 0.3 is 21.7 Å². The van der Waals surface area contributed by atoms with Crippen LogP contribution in [0.1, 0.15) is 6.42 Å². The van der Waals surface area contributed by atoms with Crippen LogP contribution in [-0.2, 0) is 21.7 Å². The molecule has 0 fully saturated rings. The molecule has 0 atom stereocenters. The Morgan fingerprint density at radius 1 is 0.941 bits per heavy atom. The first-order valence-corrected chi connectivity index (χ1v) is 12.1. The van der Waals surface area contributed by atoms with Crippen LogP contribution in [-0.4, -0.2) is 16.5 Å². The van der Waals surface area contributed by atoms with Gasteiger partial charge in [-0.3, -0.25) is 6.08 Å². The summed E-state index contributed by atoms with van der Waals surface area (Å²) in [6, 6.07) is 0. The van der Waals surface area contributed by atoms with Crippen molar-refractivity contribution >= 4 is 41.3 Å². The molecule has 1 aliphatic carbocycles. The molecule has 0 amide bonds. The molecule has 1 aliphatic rings. The van der Waals surface area contributed by atoms with Crippen molar-refractivity contribution in [3.05, 3.63) is 29.0 Å². The third kappa shape index (κ3) is 26.7. The average molecular weight is 346 g/mol. The third-order valence-corrected chi connectivity index (χ3v) is 6.62. The van der Waals surface area contributed by atoms with E-state index >= 15 is 0 Å². The van der Waals surface area contributed by atoms with Gasteiger partial charge in [0.25, 0.3) is 0 Å². The summed E-state index contributed by atoms with van der Waals surface area (Å²) in [5.74, 6) is 0. The van der Waals surface area contributed by atoms with E-state index in [-0.39, 0.29) is 46.5 Å². The maximum atomic E-state index is 4.82. The predicted octanol–water partition coefficient (Wildman–Crippen LogP) is 5.18. The van der Waals surface area contributed by atoms with E-state index in [1.807, 2.05) is 12.2 Å². The minimum absolute atomic E-state index is 0. The fourth-order valence-corrected chi connectivity index (χ4v) is 9.40. The Morgan fingerprint density at radius 2 is 1.35 bits per heavy atom. The van der Waals surface area contributed by atoms with Gasteiger partial charge in [-0.05, 0) is 0 Å². The molecule has 0 N–H and O–H groups in total. The molecule has 0 radical (unpaired) electrons. The topological polar surface area (TPSA) is 14.1 Å². The number of nitrogens with zero attached hydrogens (tertiary/aromatic N) is 1. The quantitative estimate of drug-likeness (QED) is 0.483. The van der Waals surface area contributed by atoms with Gasteiger partial charge in [-0.25, -0.2) is 12.2 Å². The van der Waals surface area contributed by atoms with Crippen LogP contribution >= 0.6 is 24.8 Å². The van der Waals surface area contributed by atoms with Crippen LogP contribution in [0.25, 0.3) is 4.65 Å². The van der Waals surface area contributed by atoms with E-state index in [1.165, 1.54) is 0 Å². The molecule has 17 heavy (non-hydrogen) atoms. The Balaban J connectivity index is -0.0000000921.